The van der Waals surface area contributed by atoms with Crippen molar-refractivity contribution in [3.8, 4) is 0 Å². The Labute approximate surface area is 135 Å². The molecule has 0 bridgehead atoms. The molecule has 3 N–H and O–H groups in total. The summed E-state index contributed by atoms with van der Waals surface area (Å²) >= 11 is 0. The van der Waals surface area contributed by atoms with Gasteiger partial charge in [-0.25, -0.2) is 13.6 Å². The van der Waals surface area contributed by atoms with E-state index in [0.717, 1.165) is 12.0 Å². The fourth-order valence-electron chi connectivity index (χ4n) is 2.12. The van der Waals surface area contributed by atoms with Gasteiger partial charge >= 0.3 is 0 Å². The molecule has 9 heteroatoms. The molecule has 0 amide bonds. The van der Waals surface area contributed by atoms with Gasteiger partial charge in [-0.1, -0.05) is 19.1 Å². The van der Waals surface area contributed by atoms with Gasteiger partial charge in [-0.3, -0.25) is 0 Å². The first-order valence-electron chi connectivity index (χ1n) is 7.17. The Kier molecular flexibility index (Phi) is 5.34. The lowest BCUT2D eigenvalue weighted by Gasteiger charge is -2.16. The largest absolute Gasteiger partial charge is 0.344 e. The van der Waals surface area contributed by atoms with E-state index in [0.29, 0.717) is 18.4 Å². The number of aromatic nitrogens is 2. The molecule has 0 fully saturated rings. The van der Waals surface area contributed by atoms with E-state index in [1.807, 2.05) is 27.1 Å². The molecule has 0 aliphatic carbocycles. The highest BCUT2D eigenvalue weighted by Crippen LogP contribution is 2.20. The van der Waals surface area contributed by atoms with Gasteiger partial charge in [-0.05, 0) is 29.3 Å². The van der Waals surface area contributed by atoms with Crippen LogP contribution in [0.15, 0.2) is 33.7 Å². The monoisotopic (exact) mass is 339 g/mol. The molecule has 1 aromatic heterocycles. The van der Waals surface area contributed by atoms with Crippen LogP contribution in [0, 0.1) is 0 Å². The van der Waals surface area contributed by atoms with Crippen molar-refractivity contribution < 1.29 is 12.9 Å². The van der Waals surface area contributed by atoms with Gasteiger partial charge in [0, 0.05) is 20.1 Å². The van der Waals surface area contributed by atoms with Crippen molar-refractivity contribution in [3.05, 3.63) is 35.7 Å². The first kappa shape index (κ1) is 17.4. The predicted octanol–water partition coefficient (Wildman–Crippen LogP) is 1.02. The van der Waals surface area contributed by atoms with Crippen molar-refractivity contribution in [2.24, 2.45) is 5.14 Å². The van der Waals surface area contributed by atoms with Crippen molar-refractivity contribution in [1.82, 2.24) is 15.5 Å². The maximum atomic E-state index is 11.5. The van der Waals surface area contributed by atoms with Crippen molar-refractivity contribution >= 4 is 16.0 Å². The second-order valence-corrected chi connectivity index (χ2v) is 6.90. The summed E-state index contributed by atoms with van der Waals surface area (Å²) in [4.78, 5) is 6.09. The minimum Gasteiger partial charge on any atom is -0.344 e. The average molecular weight is 339 g/mol. The topological polar surface area (TPSA) is 114 Å². The Morgan fingerprint density at radius 3 is 2.70 bits per heavy atom. The van der Waals surface area contributed by atoms with Gasteiger partial charge in [-0.15, -0.1) is 0 Å². The molecule has 0 aliphatic rings. The van der Waals surface area contributed by atoms with E-state index in [2.05, 4.69) is 15.5 Å². The second-order valence-electron chi connectivity index (χ2n) is 5.34. The summed E-state index contributed by atoms with van der Waals surface area (Å²) in [5.41, 5.74) is 0.839. The molecule has 1 aromatic carbocycles. The van der Waals surface area contributed by atoms with Crippen LogP contribution in [0.4, 0.5) is 5.95 Å². The first-order valence-corrected chi connectivity index (χ1v) is 8.72. The maximum Gasteiger partial charge on any atom is 0.265 e. The Balaban J connectivity index is 2.10. The van der Waals surface area contributed by atoms with Crippen molar-refractivity contribution in [3.63, 3.8) is 0 Å². The molecule has 126 valence electrons. The Morgan fingerprint density at radius 2 is 2.13 bits per heavy atom. The van der Waals surface area contributed by atoms with E-state index in [4.69, 9.17) is 9.66 Å². The van der Waals surface area contributed by atoms with Gasteiger partial charge < -0.3 is 14.7 Å². The number of anilines is 1. The van der Waals surface area contributed by atoms with Gasteiger partial charge in [-0.2, -0.15) is 4.98 Å². The Morgan fingerprint density at radius 1 is 1.39 bits per heavy atom. The molecule has 0 saturated carbocycles. The summed E-state index contributed by atoms with van der Waals surface area (Å²) in [7, 11) is -0.0565. The molecule has 0 saturated heterocycles. The maximum absolute atomic E-state index is 11.5. The number of nitrogens with zero attached hydrogens (tertiary/aromatic N) is 3. The molecule has 0 aliphatic heterocycles. The van der Waals surface area contributed by atoms with E-state index in [-0.39, 0.29) is 10.9 Å². The second kappa shape index (κ2) is 7.07. The van der Waals surface area contributed by atoms with Gasteiger partial charge in [0.25, 0.3) is 5.95 Å². The number of nitrogens with two attached hydrogens (primary N) is 1. The lowest BCUT2D eigenvalue weighted by atomic mass is 10.0. The molecular formula is C14H21N5O3S. The summed E-state index contributed by atoms with van der Waals surface area (Å²) in [5.74, 6) is 0.973. The molecule has 0 spiro atoms. The SMILES string of the molecule is CCC(NCc1nc(N(C)C)no1)c1cccc(S(N)(=O)=O)c1. The summed E-state index contributed by atoms with van der Waals surface area (Å²) in [6, 6.07) is 6.54. The highest BCUT2D eigenvalue weighted by Gasteiger charge is 2.15. The molecule has 1 heterocycles. The van der Waals surface area contributed by atoms with E-state index < -0.39 is 10.0 Å². The number of benzene rings is 1. The summed E-state index contributed by atoms with van der Waals surface area (Å²) in [6.07, 6.45) is 0.767. The number of sulfonamides is 1. The van der Waals surface area contributed by atoms with Gasteiger partial charge in [0.1, 0.15) is 0 Å². The minimum atomic E-state index is -3.71. The third-order valence-electron chi connectivity index (χ3n) is 3.35. The minimum absolute atomic E-state index is 0.0496. The van der Waals surface area contributed by atoms with Crippen molar-refractivity contribution in [1.29, 1.82) is 0 Å². The number of hydrogen-bond donors (Lipinski definition) is 2. The highest BCUT2D eigenvalue weighted by molar-refractivity contribution is 7.89. The fourth-order valence-corrected chi connectivity index (χ4v) is 2.68. The average Bonchev–Trinajstić information content (AvgIpc) is 2.96. The highest BCUT2D eigenvalue weighted by atomic mass is 32.2. The lowest BCUT2D eigenvalue weighted by molar-refractivity contribution is 0.355. The first-order chi connectivity index (χ1) is 10.8. The quantitative estimate of drug-likeness (QED) is 0.774. The van der Waals surface area contributed by atoms with Gasteiger partial charge in [0.15, 0.2) is 0 Å². The predicted molar refractivity (Wildman–Crippen MR) is 86.3 cm³/mol. The molecular weight excluding hydrogens is 318 g/mol. The van der Waals surface area contributed by atoms with Crippen LogP contribution in [-0.4, -0.2) is 32.7 Å². The molecule has 1 unspecified atom stereocenters. The third kappa shape index (κ3) is 4.50. The standard InChI is InChI=1S/C14H21N5O3S/c1-4-12(10-6-5-7-11(8-10)23(15,20)21)16-9-13-17-14(18-22-13)19(2)3/h5-8,12,16H,4,9H2,1-3H3,(H2,15,20,21). The van der Waals surface area contributed by atoms with Crippen molar-refractivity contribution in [2.45, 2.75) is 30.8 Å². The van der Waals surface area contributed by atoms with Crippen molar-refractivity contribution in [2.75, 3.05) is 19.0 Å². The number of primary sulfonamides is 1. The van der Waals surface area contributed by atoms with E-state index in [9.17, 15) is 8.42 Å². The summed E-state index contributed by atoms with van der Waals surface area (Å²) in [5, 5.41) is 12.3. The van der Waals surface area contributed by atoms with Crippen LogP contribution in [0.5, 0.6) is 0 Å². The lowest BCUT2D eigenvalue weighted by Crippen LogP contribution is -2.21. The Bertz CT molecular complexity index is 757. The van der Waals surface area contributed by atoms with Crippen LogP contribution in [-0.2, 0) is 16.6 Å². The molecule has 1 atom stereocenters. The van der Waals surface area contributed by atoms with Crippen LogP contribution in [0.25, 0.3) is 0 Å². The van der Waals surface area contributed by atoms with Crippen LogP contribution in [0.2, 0.25) is 0 Å². The van der Waals surface area contributed by atoms with Gasteiger partial charge in [0.2, 0.25) is 15.9 Å². The van der Waals surface area contributed by atoms with Gasteiger partial charge in [0.05, 0.1) is 11.4 Å². The summed E-state index contributed by atoms with van der Waals surface area (Å²) < 4.78 is 28.1. The number of rotatable bonds is 7. The smallest absolute Gasteiger partial charge is 0.265 e. The fraction of sp³-hybridized carbons (Fsp3) is 0.429. The van der Waals surface area contributed by atoms with Crippen LogP contribution < -0.4 is 15.4 Å². The number of nitrogens with one attached hydrogen (secondary N) is 1. The third-order valence-corrected chi connectivity index (χ3v) is 4.27. The zero-order chi connectivity index (χ0) is 17.0. The molecule has 8 nitrogen and oxygen atoms in total. The van der Waals surface area contributed by atoms with E-state index >= 15 is 0 Å². The zero-order valence-electron chi connectivity index (χ0n) is 13.4. The molecule has 23 heavy (non-hydrogen) atoms. The van der Waals surface area contributed by atoms with Crippen LogP contribution >= 0.6 is 0 Å². The number of hydrogen-bond acceptors (Lipinski definition) is 7. The molecule has 2 aromatic rings. The van der Waals surface area contributed by atoms with E-state index in [1.165, 1.54) is 6.07 Å². The summed E-state index contributed by atoms with van der Waals surface area (Å²) in [6.45, 7) is 2.39. The van der Waals surface area contributed by atoms with Crippen LogP contribution in [0.1, 0.15) is 30.8 Å². The normalized spacial score (nSPS) is 13.0. The Hall–Kier alpha value is -1.97. The van der Waals surface area contributed by atoms with E-state index in [1.54, 1.807) is 17.0 Å². The molecule has 2 rings (SSSR count). The van der Waals surface area contributed by atoms with Crippen LogP contribution in [0.3, 0.4) is 0 Å². The zero-order valence-corrected chi connectivity index (χ0v) is 14.2. The molecule has 0 radical (unpaired) electrons.